The van der Waals surface area contributed by atoms with E-state index in [0.29, 0.717) is 12.5 Å². The Kier molecular flexibility index (Phi) is 2.88. The van der Waals surface area contributed by atoms with Crippen LogP contribution in [0.5, 0.6) is 0 Å². The summed E-state index contributed by atoms with van der Waals surface area (Å²) in [7, 11) is 0. The number of hydrogen-bond acceptors (Lipinski definition) is 2. The Morgan fingerprint density at radius 3 is 2.73 bits per heavy atom. The minimum Gasteiger partial charge on any atom is -0.481 e. The van der Waals surface area contributed by atoms with Gasteiger partial charge in [0.25, 0.3) is 0 Å². The van der Waals surface area contributed by atoms with E-state index in [4.69, 9.17) is 9.84 Å². The molecule has 0 spiro atoms. The van der Waals surface area contributed by atoms with Crippen LogP contribution in [-0.4, -0.2) is 24.3 Å². The van der Waals surface area contributed by atoms with Crippen LogP contribution in [0.4, 0.5) is 0 Å². The summed E-state index contributed by atoms with van der Waals surface area (Å²) in [6.07, 6.45) is 1.29. The van der Waals surface area contributed by atoms with Gasteiger partial charge in [-0.1, -0.05) is 13.3 Å². The van der Waals surface area contributed by atoms with Crippen molar-refractivity contribution in [2.45, 2.75) is 19.8 Å². The van der Waals surface area contributed by atoms with Crippen LogP contribution in [0.2, 0.25) is 0 Å². The van der Waals surface area contributed by atoms with Gasteiger partial charge in [0.1, 0.15) is 0 Å². The molecule has 3 heteroatoms. The molecular formula is C8H14O3. The molecule has 0 bridgehead atoms. The van der Waals surface area contributed by atoms with Gasteiger partial charge in [0.05, 0.1) is 13.0 Å². The molecule has 0 aliphatic carbocycles. The predicted molar refractivity (Wildman–Crippen MR) is 40.3 cm³/mol. The summed E-state index contributed by atoms with van der Waals surface area (Å²) in [5, 5.41) is 8.53. The molecule has 1 fully saturated rings. The highest BCUT2D eigenvalue weighted by molar-refractivity contribution is 5.67. The monoisotopic (exact) mass is 158 g/mol. The molecule has 0 saturated carbocycles. The van der Waals surface area contributed by atoms with Crippen molar-refractivity contribution in [3.05, 3.63) is 0 Å². The van der Waals surface area contributed by atoms with E-state index in [1.54, 1.807) is 0 Å². The van der Waals surface area contributed by atoms with Crippen LogP contribution in [0.25, 0.3) is 0 Å². The van der Waals surface area contributed by atoms with Crippen molar-refractivity contribution in [2.75, 3.05) is 13.2 Å². The second-order valence-electron chi connectivity index (χ2n) is 3.06. The van der Waals surface area contributed by atoms with Crippen LogP contribution in [-0.2, 0) is 9.53 Å². The minimum atomic E-state index is -0.709. The van der Waals surface area contributed by atoms with Crippen molar-refractivity contribution >= 4 is 5.97 Å². The van der Waals surface area contributed by atoms with E-state index in [0.717, 1.165) is 13.0 Å². The van der Waals surface area contributed by atoms with Crippen LogP contribution in [0.15, 0.2) is 0 Å². The first-order chi connectivity index (χ1) is 5.24. The van der Waals surface area contributed by atoms with Crippen molar-refractivity contribution in [3.8, 4) is 0 Å². The van der Waals surface area contributed by atoms with Crippen LogP contribution in [0.1, 0.15) is 19.8 Å². The Hall–Kier alpha value is -0.570. The molecule has 0 aromatic carbocycles. The first-order valence-electron chi connectivity index (χ1n) is 4.03. The summed E-state index contributed by atoms with van der Waals surface area (Å²) < 4.78 is 5.20. The van der Waals surface area contributed by atoms with Gasteiger partial charge in [-0.25, -0.2) is 0 Å². The molecule has 0 amide bonds. The molecular weight excluding hydrogens is 144 g/mol. The van der Waals surface area contributed by atoms with Crippen LogP contribution < -0.4 is 0 Å². The van der Waals surface area contributed by atoms with Crippen LogP contribution >= 0.6 is 0 Å². The number of ether oxygens (including phenoxy) is 1. The maximum Gasteiger partial charge on any atom is 0.303 e. The molecule has 2 atom stereocenters. The van der Waals surface area contributed by atoms with Crippen molar-refractivity contribution in [3.63, 3.8) is 0 Å². The highest BCUT2D eigenvalue weighted by Gasteiger charge is 2.28. The highest BCUT2D eigenvalue weighted by Crippen LogP contribution is 2.26. The molecule has 64 valence electrons. The van der Waals surface area contributed by atoms with Crippen LogP contribution in [0.3, 0.4) is 0 Å². The van der Waals surface area contributed by atoms with E-state index >= 15 is 0 Å². The summed E-state index contributed by atoms with van der Waals surface area (Å²) in [4.78, 5) is 10.4. The molecule has 1 saturated heterocycles. The Morgan fingerprint density at radius 2 is 2.18 bits per heavy atom. The first kappa shape index (κ1) is 8.53. The zero-order valence-electron chi connectivity index (χ0n) is 6.75. The normalized spacial score (nSPS) is 30.6. The molecule has 0 aromatic heterocycles. The van der Waals surface area contributed by atoms with Gasteiger partial charge in [-0.2, -0.15) is 0 Å². The van der Waals surface area contributed by atoms with E-state index in [1.807, 2.05) is 0 Å². The number of rotatable bonds is 3. The Labute approximate surface area is 66.4 Å². The summed E-state index contributed by atoms with van der Waals surface area (Å²) in [5.74, 6) is 0.00236. The zero-order chi connectivity index (χ0) is 8.27. The third kappa shape index (κ3) is 2.19. The number of carbonyl (C=O) groups is 1. The summed E-state index contributed by atoms with van der Waals surface area (Å²) in [5.41, 5.74) is 0. The molecule has 1 aliphatic rings. The standard InChI is InChI=1S/C8H14O3/c1-2-6-4-11-5-7(6)3-8(9)10/h6-7H,2-5H2,1H3,(H,9,10)/t6-,7+/m1/s1. The maximum absolute atomic E-state index is 10.4. The molecule has 1 rings (SSSR count). The largest absolute Gasteiger partial charge is 0.481 e. The summed E-state index contributed by atoms with van der Waals surface area (Å²) in [6.45, 7) is 3.45. The molecule has 3 nitrogen and oxygen atoms in total. The summed E-state index contributed by atoms with van der Waals surface area (Å²) >= 11 is 0. The van der Waals surface area contributed by atoms with E-state index < -0.39 is 5.97 Å². The van der Waals surface area contributed by atoms with Gasteiger partial charge < -0.3 is 9.84 Å². The van der Waals surface area contributed by atoms with Crippen molar-refractivity contribution < 1.29 is 14.6 Å². The Bertz CT molecular complexity index is 144. The van der Waals surface area contributed by atoms with E-state index in [9.17, 15) is 4.79 Å². The lowest BCUT2D eigenvalue weighted by Gasteiger charge is -2.11. The Balaban J connectivity index is 2.37. The molecule has 1 N–H and O–H groups in total. The van der Waals surface area contributed by atoms with Gasteiger partial charge in [0.2, 0.25) is 0 Å². The average molecular weight is 158 g/mol. The third-order valence-electron chi connectivity index (χ3n) is 2.29. The molecule has 11 heavy (non-hydrogen) atoms. The number of carboxylic acid groups (broad SMARTS) is 1. The molecule has 0 aromatic rings. The average Bonchev–Trinajstić information content (AvgIpc) is 2.34. The zero-order valence-corrected chi connectivity index (χ0v) is 6.75. The van der Waals surface area contributed by atoms with Crippen LogP contribution in [0, 0.1) is 11.8 Å². The van der Waals surface area contributed by atoms with Gasteiger partial charge in [0.15, 0.2) is 0 Å². The fraction of sp³-hybridized carbons (Fsp3) is 0.875. The second-order valence-corrected chi connectivity index (χ2v) is 3.06. The number of carboxylic acids is 1. The topological polar surface area (TPSA) is 46.5 Å². The molecule has 0 unspecified atom stereocenters. The maximum atomic E-state index is 10.4. The predicted octanol–water partition coefficient (Wildman–Crippen LogP) is 1.13. The quantitative estimate of drug-likeness (QED) is 0.669. The van der Waals surface area contributed by atoms with E-state index in [2.05, 4.69) is 6.92 Å². The first-order valence-corrected chi connectivity index (χ1v) is 4.03. The van der Waals surface area contributed by atoms with Crippen molar-refractivity contribution in [1.29, 1.82) is 0 Å². The lowest BCUT2D eigenvalue weighted by atomic mass is 9.91. The van der Waals surface area contributed by atoms with Gasteiger partial charge in [0, 0.05) is 6.61 Å². The Morgan fingerprint density at radius 1 is 1.55 bits per heavy atom. The lowest BCUT2D eigenvalue weighted by molar-refractivity contribution is -0.138. The van der Waals surface area contributed by atoms with Gasteiger partial charge >= 0.3 is 5.97 Å². The SMILES string of the molecule is CC[C@@H]1COC[C@@H]1CC(=O)O. The van der Waals surface area contributed by atoms with Gasteiger partial charge in [-0.05, 0) is 11.8 Å². The minimum absolute atomic E-state index is 0.248. The second kappa shape index (κ2) is 3.72. The molecule has 0 radical (unpaired) electrons. The van der Waals surface area contributed by atoms with Crippen molar-refractivity contribution in [2.24, 2.45) is 11.8 Å². The molecule has 1 aliphatic heterocycles. The fourth-order valence-electron chi connectivity index (χ4n) is 1.54. The van der Waals surface area contributed by atoms with Gasteiger partial charge in [-0.15, -0.1) is 0 Å². The van der Waals surface area contributed by atoms with E-state index in [-0.39, 0.29) is 12.3 Å². The smallest absolute Gasteiger partial charge is 0.303 e. The fourth-order valence-corrected chi connectivity index (χ4v) is 1.54. The van der Waals surface area contributed by atoms with E-state index in [1.165, 1.54) is 0 Å². The summed E-state index contributed by atoms with van der Waals surface area (Å²) in [6, 6.07) is 0. The highest BCUT2D eigenvalue weighted by atomic mass is 16.5. The third-order valence-corrected chi connectivity index (χ3v) is 2.29. The number of aliphatic carboxylic acids is 1. The van der Waals surface area contributed by atoms with Crippen molar-refractivity contribution in [1.82, 2.24) is 0 Å². The number of hydrogen-bond donors (Lipinski definition) is 1. The van der Waals surface area contributed by atoms with Gasteiger partial charge in [-0.3, -0.25) is 4.79 Å². The molecule has 1 heterocycles. The lowest BCUT2D eigenvalue weighted by Crippen LogP contribution is -2.15.